The van der Waals surface area contributed by atoms with Gasteiger partial charge >= 0.3 is 0 Å². The fourth-order valence-corrected chi connectivity index (χ4v) is 2.44. The Balaban J connectivity index is 1.75. The van der Waals surface area contributed by atoms with Gasteiger partial charge in [0.25, 0.3) is 0 Å². The second-order valence-corrected chi connectivity index (χ2v) is 5.31. The monoisotopic (exact) mass is 289 g/mol. The Morgan fingerprint density at radius 1 is 1.33 bits per heavy atom. The summed E-state index contributed by atoms with van der Waals surface area (Å²) in [6.45, 7) is 1.26. The van der Waals surface area contributed by atoms with Crippen LogP contribution in [-0.4, -0.2) is 30.5 Å². The first-order valence-electron chi connectivity index (χ1n) is 7.02. The van der Waals surface area contributed by atoms with Crippen LogP contribution < -0.4 is 10.5 Å². The minimum absolute atomic E-state index is 0.503. The largest absolute Gasteiger partial charge is 0.497 e. The zero-order chi connectivity index (χ0) is 14.7. The number of nitrogens with zero attached hydrogens (tertiary/aromatic N) is 2. The number of aromatic nitrogens is 2. The third kappa shape index (κ3) is 3.06. The number of methoxy groups -OCH3 is 1. The lowest BCUT2D eigenvalue weighted by Crippen LogP contribution is -2.42. The Labute approximate surface area is 123 Å². The summed E-state index contributed by atoms with van der Waals surface area (Å²) >= 11 is 0. The van der Waals surface area contributed by atoms with E-state index < -0.39 is 5.54 Å². The van der Waals surface area contributed by atoms with E-state index in [9.17, 15) is 0 Å². The first kappa shape index (κ1) is 14.0. The van der Waals surface area contributed by atoms with Crippen molar-refractivity contribution in [3.63, 3.8) is 0 Å². The van der Waals surface area contributed by atoms with Crippen molar-refractivity contribution in [3.05, 3.63) is 41.5 Å². The molecule has 1 aromatic heterocycles. The first-order chi connectivity index (χ1) is 10.2. The molecule has 0 unspecified atom stereocenters. The Hall–Kier alpha value is -1.92. The molecule has 2 aromatic rings. The zero-order valence-corrected chi connectivity index (χ0v) is 12.0. The van der Waals surface area contributed by atoms with Crippen LogP contribution in [0.2, 0.25) is 0 Å². The van der Waals surface area contributed by atoms with Crippen LogP contribution in [0.5, 0.6) is 5.75 Å². The van der Waals surface area contributed by atoms with Gasteiger partial charge in [0.05, 0.1) is 7.11 Å². The van der Waals surface area contributed by atoms with Crippen molar-refractivity contribution >= 4 is 0 Å². The van der Waals surface area contributed by atoms with E-state index in [2.05, 4.69) is 10.1 Å². The smallest absolute Gasteiger partial charge is 0.246 e. The molecule has 0 radical (unpaired) electrons. The van der Waals surface area contributed by atoms with Gasteiger partial charge in [0.2, 0.25) is 5.89 Å². The Morgan fingerprint density at radius 2 is 2.14 bits per heavy atom. The lowest BCUT2D eigenvalue weighted by Gasteiger charge is -2.29. The van der Waals surface area contributed by atoms with Crippen molar-refractivity contribution in [3.8, 4) is 5.75 Å². The Bertz CT molecular complexity index is 606. The number of benzene rings is 1. The molecule has 0 atom stereocenters. The second kappa shape index (κ2) is 5.83. The van der Waals surface area contributed by atoms with Crippen LogP contribution in [-0.2, 0) is 16.7 Å². The highest BCUT2D eigenvalue weighted by molar-refractivity contribution is 5.30. The maximum atomic E-state index is 6.34. The summed E-state index contributed by atoms with van der Waals surface area (Å²) in [7, 11) is 1.65. The van der Waals surface area contributed by atoms with E-state index in [0.29, 0.717) is 44.2 Å². The van der Waals surface area contributed by atoms with E-state index in [1.807, 2.05) is 24.3 Å². The summed E-state index contributed by atoms with van der Waals surface area (Å²) in [6, 6.07) is 7.81. The molecule has 1 aromatic carbocycles. The van der Waals surface area contributed by atoms with Gasteiger partial charge in [-0.15, -0.1) is 0 Å². The number of rotatable bonds is 4. The molecule has 6 nitrogen and oxygen atoms in total. The van der Waals surface area contributed by atoms with E-state index in [1.165, 1.54) is 0 Å². The van der Waals surface area contributed by atoms with E-state index in [4.69, 9.17) is 19.7 Å². The van der Waals surface area contributed by atoms with Gasteiger partial charge in [-0.2, -0.15) is 4.98 Å². The summed E-state index contributed by atoms with van der Waals surface area (Å²) in [5.41, 5.74) is 6.85. The van der Waals surface area contributed by atoms with Gasteiger partial charge in [-0.1, -0.05) is 17.3 Å². The minimum atomic E-state index is -0.558. The quantitative estimate of drug-likeness (QED) is 0.921. The topological polar surface area (TPSA) is 83.4 Å². The molecule has 2 heterocycles. The summed E-state index contributed by atoms with van der Waals surface area (Å²) in [6.07, 6.45) is 1.99. The fourth-order valence-electron chi connectivity index (χ4n) is 2.44. The van der Waals surface area contributed by atoms with Crippen molar-refractivity contribution in [2.75, 3.05) is 20.3 Å². The molecule has 6 heteroatoms. The van der Waals surface area contributed by atoms with Crippen LogP contribution in [0.15, 0.2) is 28.8 Å². The molecule has 0 amide bonds. The average Bonchev–Trinajstić information content (AvgIpc) is 2.97. The molecular weight excluding hydrogens is 270 g/mol. The van der Waals surface area contributed by atoms with Crippen molar-refractivity contribution in [2.24, 2.45) is 5.73 Å². The van der Waals surface area contributed by atoms with Gasteiger partial charge in [-0.3, -0.25) is 0 Å². The first-order valence-corrected chi connectivity index (χ1v) is 7.02. The molecule has 0 aliphatic carbocycles. The predicted molar refractivity (Wildman–Crippen MR) is 76.0 cm³/mol. The van der Waals surface area contributed by atoms with Gasteiger partial charge < -0.3 is 19.7 Å². The highest BCUT2D eigenvalue weighted by Crippen LogP contribution is 2.28. The highest BCUT2D eigenvalue weighted by atomic mass is 16.5. The van der Waals surface area contributed by atoms with Gasteiger partial charge in [0.15, 0.2) is 5.82 Å². The number of hydrogen-bond acceptors (Lipinski definition) is 6. The summed E-state index contributed by atoms with van der Waals surface area (Å²) < 4.78 is 15.9. The van der Waals surface area contributed by atoms with Crippen LogP contribution >= 0.6 is 0 Å². The van der Waals surface area contributed by atoms with E-state index in [1.54, 1.807) is 7.11 Å². The zero-order valence-electron chi connectivity index (χ0n) is 12.0. The number of hydrogen-bond donors (Lipinski definition) is 1. The average molecular weight is 289 g/mol. The third-order valence-electron chi connectivity index (χ3n) is 3.78. The number of nitrogens with two attached hydrogens (primary N) is 1. The van der Waals surface area contributed by atoms with Gasteiger partial charge in [-0.25, -0.2) is 0 Å². The van der Waals surface area contributed by atoms with Crippen LogP contribution in [0.3, 0.4) is 0 Å². The van der Waals surface area contributed by atoms with Crippen LogP contribution in [0.4, 0.5) is 0 Å². The maximum Gasteiger partial charge on any atom is 0.246 e. The Kier molecular flexibility index (Phi) is 3.90. The fraction of sp³-hybridized carbons (Fsp3) is 0.467. The summed E-state index contributed by atoms with van der Waals surface area (Å²) in [5, 5.41) is 4.04. The van der Waals surface area contributed by atoms with Gasteiger partial charge in [-0.05, 0) is 30.5 Å². The van der Waals surface area contributed by atoms with Gasteiger partial charge in [0, 0.05) is 19.6 Å². The maximum absolute atomic E-state index is 6.34. The van der Waals surface area contributed by atoms with Crippen molar-refractivity contribution in [1.29, 1.82) is 0 Å². The van der Waals surface area contributed by atoms with Crippen molar-refractivity contribution < 1.29 is 14.0 Å². The highest BCUT2D eigenvalue weighted by Gasteiger charge is 2.35. The molecule has 0 bridgehead atoms. The molecular formula is C15H19N3O3. The molecule has 21 heavy (non-hydrogen) atoms. The molecule has 2 N–H and O–H groups in total. The third-order valence-corrected chi connectivity index (χ3v) is 3.78. The molecule has 1 aliphatic rings. The molecule has 3 rings (SSSR count). The molecule has 1 saturated heterocycles. The lowest BCUT2D eigenvalue weighted by molar-refractivity contribution is 0.0400. The molecule has 1 aliphatic heterocycles. The van der Waals surface area contributed by atoms with Crippen LogP contribution in [0.1, 0.15) is 30.1 Å². The van der Waals surface area contributed by atoms with E-state index >= 15 is 0 Å². The molecule has 0 saturated carbocycles. The van der Waals surface area contributed by atoms with E-state index in [-0.39, 0.29) is 0 Å². The SMILES string of the molecule is COc1cccc(Cc2noc(C3(N)CCOCC3)n2)c1. The lowest BCUT2D eigenvalue weighted by atomic mass is 9.91. The minimum Gasteiger partial charge on any atom is -0.497 e. The molecule has 1 fully saturated rings. The standard InChI is InChI=1S/C15H19N3O3/c1-19-12-4-2-3-11(9-12)10-13-17-14(21-18-13)15(16)5-7-20-8-6-15/h2-4,9H,5-8,10,16H2,1H3. The summed E-state index contributed by atoms with van der Waals surface area (Å²) in [5.74, 6) is 1.95. The van der Waals surface area contributed by atoms with Crippen molar-refractivity contribution in [2.45, 2.75) is 24.8 Å². The normalized spacial score (nSPS) is 17.6. The van der Waals surface area contributed by atoms with Gasteiger partial charge in [0.1, 0.15) is 11.3 Å². The predicted octanol–water partition coefficient (Wildman–Crippen LogP) is 1.63. The summed E-state index contributed by atoms with van der Waals surface area (Å²) in [4.78, 5) is 4.46. The van der Waals surface area contributed by atoms with Crippen molar-refractivity contribution in [1.82, 2.24) is 10.1 Å². The van der Waals surface area contributed by atoms with E-state index in [0.717, 1.165) is 11.3 Å². The molecule has 112 valence electrons. The van der Waals surface area contributed by atoms with Crippen LogP contribution in [0.25, 0.3) is 0 Å². The molecule has 0 spiro atoms. The second-order valence-electron chi connectivity index (χ2n) is 5.31. The Morgan fingerprint density at radius 3 is 2.90 bits per heavy atom. The number of ether oxygens (including phenoxy) is 2. The van der Waals surface area contributed by atoms with Crippen LogP contribution in [0, 0.1) is 0 Å².